The summed E-state index contributed by atoms with van der Waals surface area (Å²) in [6, 6.07) is 5.16. The molecule has 1 amide bonds. The molecule has 2 aromatic rings. The molecule has 0 saturated carbocycles. The number of benzene rings is 1. The zero-order chi connectivity index (χ0) is 17.1. The van der Waals surface area contributed by atoms with Gasteiger partial charge in [0.15, 0.2) is 5.69 Å². The summed E-state index contributed by atoms with van der Waals surface area (Å²) in [6.07, 6.45) is 5.94. The molecule has 2 bridgehead atoms. The van der Waals surface area contributed by atoms with Crippen LogP contribution >= 0.6 is 23.2 Å². The van der Waals surface area contributed by atoms with E-state index in [2.05, 4.69) is 22.5 Å². The molecule has 3 aliphatic rings. The Hall–Kier alpha value is -1.89. The van der Waals surface area contributed by atoms with Gasteiger partial charge < -0.3 is 9.64 Å². The second-order valence-electron chi connectivity index (χ2n) is 6.59. The number of hydrogen-bond acceptors (Lipinski definition) is 4. The van der Waals surface area contributed by atoms with Crippen molar-refractivity contribution in [3.8, 4) is 5.69 Å². The fraction of sp³-hybridized carbons (Fsp3) is 0.353. The molecule has 1 aromatic carbocycles. The van der Waals surface area contributed by atoms with Gasteiger partial charge in [-0.05, 0) is 12.1 Å². The Balaban J connectivity index is 1.46. The molecule has 2 saturated heterocycles. The zero-order valence-corrected chi connectivity index (χ0v) is 14.6. The smallest absolute Gasteiger partial charge is 0.274 e. The van der Waals surface area contributed by atoms with Crippen LogP contribution in [0.15, 0.2) is 36.5 Å². The number of ether oxygens (including phenoxy) is 1. The van der Waals surface area contributed by atoms with Crippen LogP contribution in [-0.2, 0) is 4.74 Å². The number of nitrogens with zero attached hydrogens (tertiary/aromatic N) is 4. The highest BCUT2D eigenvalue weighted by Gasteiger charge is 2.51. The number of halogens is 2. The molecule has 1 aromatic heterocycles. The van der Waals surface area contributed by atoms with Crippen LogP contribution in [0.25, 0.3) is 5.69 Å². The lowest BCUT2D eigenvalue weighted by molar-refractivity contribution is 0.0649. The first-order valence-corrected chi connectivity index (χ1v) is 8.87. The van der Waals surface area contributed by atoms with Gasteiger partial charge in [-0.25, -0.2) is 4.68 Å². The fourth-order valence-corrected chi connectivity index (χ4v) is 4.65. The molecule has 0 radical (unpaired) electrons. The van der Waals surface area contributed by atoms with Gasteiger partial charge in [-0.3, -0.25) is 4.79 Å². The van der Waals surface area contributed by atoms with Crippen LogP contribution in [0, 0.1) is 11.8 Å². The predicted octanol–water partition coefficient (Wildman–Crippen LogP) is 2.60. The minimum Gasteiger partial charge on any atom is -0.366 e. The van der Waals surface area contributed by atoms with E-state index in [0.717, 1.165) is 0 Å². The van der Waals surface area contributed by atoms with Crippen molar-refractivity contribution in [2.24, 2.45) is 11.8 Å². The van der Waals surface area contributed by atoms with Crippen molar-refractivity contribution in [2.75, 3.05) is 13.1 Å². The van der Waals surface area contributed by atoms with Crippen molar-refractivity contribution in [3.63, 3.8) is 0 Å². The van der Waals surface area contributed by atoms with Crippen LogP contribution in [0.1, 0.15) is 10.5 Å². The molecule has 0 aliphatic carbocycles. The van der Waals surface area contributed by atoms with Crippen molar-refractivity contribution in [1.29, 1.82) is 0 Å². The third-order valence-corrected chi connectivity index (χ3v) is 5.88. The summed E-state index contributed by atoms with van der Waals surface area (Å²) in [4.78, 5) is 14.9. The highest BCUT2D eigenvalue weighted by Crippen LogP contribution is 2.43. The SMILES string of the molecule is O=C(c1cnnn1-c1c(Cl)cccc1Cl)N1CC2C3C=CC(O3)C2C1. The number of carbonyl (C=O) groups is 1. The Kier molecular flexibility index (Phi) is 3.42. The van der Waals surface area contributed by atoms with Gasteiger partial charge in [0.05, 0.1) is 28.5 Å². The lowest BCUT2D eigenvalue weighted by Gasteiger charge is -2.19. The van der Waals surface area contributed by atoms with Gasteiger partial charge in [-0.1, -0.05) is 46.6 Å². The van der Waals surface area contributed by atoms with Crippen molar-refractivity contribution in [2.45, 2.75) is 12.2 Å². The van der Waals surface area contributed by atoms with Crippen LogP contribution in [0.2, 0.25) is 10.0 Å². The first kappa shape index (κ1) is 15.4. The van der Waals surface area contributed by atoms with Gasteiger partial charge in [0.25, 0.3) is 5.91 Å². The summed E-state index contributed by atoms with van der Waals surface area (Å²) in [7, 11) is 0. The first-order valence-electron chi connectivity index (χ1n) is 8.11. The highest BCUT2D eigenvalue weighted by molar-refractivity contribution is 6.37. The van der Waals surface area contributed by atoms with Gasteiger partial charge in [0.1, 0.15) is 5.69 Å². The van der Waals surface area contributed by atoms with Crippen molar-refractivity contribution in [3.05, 3.63) is 52.3 Å². The summed E-state index contributed by atoms with van der Waals surface area (Å²) >= 11 is 12.5. The molecule has 0 spiro atoms. The van der Waals surface area contributed by atoms with Crippen molar-refractivity contribution < 1.29 is 9.53 Å². The Morgan fingerprint density at radius 2 is 1.76 bits per heavy atom. The number of aromatic nitrogens is 3. The van der Waals surface area contributed by atoms with E-state index in [1.54, 1.807) is 18.2 Å². The Morgan fingerprint density at radius 1 is 1.12 bits per heavy atom. The standard InChI is InChI=1S/C17H14Cl2N4O2/c18-11-2-1-3-12(19)16(11)23-13(6-20-21-23)17(24)22-7-9-10(8-22)15-5-4-14(9)25-15/h1-6,9-10,14-15H,7-8H2. The van der Waals surface area contributed by atoms with E-state index in [0.29, 0.717) is 46.4 Å². The Bertz CT molecular complexity index is 856. The quantitative estimate of drug-likeness (QED) is 0.755. The predicted molar refractivity (Wildman–Crippen MR) is 92.1 cm³/mol. The van der Waals surface area contributed by atoms with Gasteiger partial charge >= 0.3 is 0 Å². The molecule has 0 N–H and O–H groups in total. The Labute approximate surface area is 154 Å². The lowest BCUT2D eigenvalue weighted by Crippen LogP contribution is -2.33. The van der Waals surface area contributed by atoms with E-state index in [9.17, 15) is 4.79 Å². The van der Waals surface area contributed by atoms with Crippen LogP contribution < -0.4 is 0 Å². The molecule has 3 aliphatic heterocycles. The summed E-state index contributed by atoms with van der Waals surface area (Å²) in [5, 5.41) is 8.76. The molecule has 128 valence electrons. The third kappa shape index (κ3) is 2.25. The summed E-state index contributed by atoms with van der Waals surface area (Å²) < 4.78 is 7.29. The maximum Gasteiger partial charge on any atom is 0.274 e. The molecular formula is C17H14Cl2N4O2. The monoisotopic (exact) mass is 376 g/mol. The fourth-order valence-electron chi connectivity index (χ4n) is 4.09. The maximum atomic E-state index is 13.1. The molecule has 4 unspecified atom stereocenters. The van der Waals surface area contributed by atoms with E-state index < -0.39 is 0 Å². The molecule has 2 fully saturated rings. The van der Waals surface area contributed by atoms with Crippen molar-refractivity contribution in [1.82, 2.24) is 19.9 Å². The van der Waals surface area contributed by atoms with Crippen LogP contribution in [0.4, 0.5) is 0 Å². The van der Waals surface area contributed by atoms with E-state index in [1.807, 2.05) is 4.90 Å². The van der Waals surface area contributed by atoms with Crippen LogP contribution in [-0.4, -0.2) is 51.1 Å². The number of para-hydroxylation sites is 1. The molecule has 6 nitrogen and oxygen atoms in total. The number of carbonyl (C=O) groups excluding carboxylic acids is 1. The minimum absolute atomic E-state index is 0.116. The van der Waals surface area contributed by atoms with Gasteiger partial charge in [0, 0.05) is 24.9 Å². The molecule has 5 rings (SSSR count). The first-order chi connectivity index (χ1) is 12.1. The molecule has 25 heavy (non-hydrogen) atoms. The van der Waals surface area contributed by atoms with Crippen LogP contribution in [0.3, 0.4) is 0 Å². The van der Waals surface area contributed by atoms with Gasteiger partial charge in [0.2, 0.25) is 0 Å². The minimum atomic E-state index is -0.116. The molecule has 4 heterocycles. The second kappa shape index (κ2) is 5.56. The number of fused-ring (bicyclic) bond motifs is 5. The number of rotatable bonds is 2. The maximum absolute atomic E-state index is 13.1. The second-order valence-corrected chi connectivity index (χ2v) is 7.40. The largest absolute Gasteiger partial charge is 0.366 e. The summed E-state index contributed by atoms with van der Waals surface area (Å²) in [5.41, 5.74) is 0.826. The summed E-state index contributed by atoms with van der Waals surface area (Å²) in [5.74, 6) is 0.620. The summed E-state index contributed by atoms with van der Waals surface area (Å²) in [6.45, 7) is 1.35. The normalized spacial score (nSPS) is 29.4. The average Bonchev–Trinajstić information content (AvgIpc) is 3.35. The van der Waals surface area contributed by atoms with E-state index in [-0.39, 0.29) is 18.1 Å². The van der Waals surface area contributed by atoms with E-state index in [1.165, 1.54) is 10.9 Å². The van der Waals surface area contributed by atoms with Gasteiger partial charge in [-0.15, -0.1) is 5.10 Å². The molecular weight excluding hydrogens is 363 g/mol. The average molecular weight is 377 g/mol. The Morgan fingerprint density at radius 3 is 2.40 bits per heavy atom. The third-order valence-electron chi connectivity index (χ3n) is 5.27. The highest BCUT2D eigenvalue weighted by atomic mass is 35.5. The zero-order valence-electron chi connectivity index (χ0n) is 13.0. The number of likely N-dealkylation sites (tertiary alicyclic amines) is 1. The lowest BCUT2D eigenvalue weighted by atomic mass is 9.86. The topological polar surface area (TPSA) is 60.2 Å². The van der Waals surface area contributed by atoms with Gasteiger partial charge in [-0.2, -0.15) is 0 Å². The van der Waals surface area contributed by atoms with Crippen molar-refractivity contribution >= 4 is 29.1 Å². The molecule has 8 heteroatoms. The van der Waals surface area contributed by atoms with Crippen LogP contribution in [0.5, 0.6) is 0 Å². The number of amides is 1. The van der Waals surface area contributed by atoms with E-state index in [4.69, 9.17) is 27.9 Å². The number of hydrogen-bond donors (Lipinski definition) is 0. The molecule has 4 atom stereocenters. The van der Waals surface area contributed by atoms with E-state index >= 15 is 0 Å².